The van der Waals surface area contributed by atoms with Gasteiger partial charge < -0.3 is 15.5 Å². The van der Waals surface area contributed by atoms with Crippen molar-refractivity contribution in [3.05, 3.63) is 12.6 Å². The van der Waals surface area contributed by atoms with Crippen molar-refractivity contribution in [1.82, 2.24) is 10.2 Å². The third kappa shape index (κ3) is 5.67. The minimum absolute atomic E-state index is 1.40. The molecule has 0 bridgehead atoms. The molecule has 0 aliphatic rings. The number of hydrogen-bond acceptors (Lipinski definition) is 3. The molecule has 18 heavy (non-hydrogen) atoms. The molecule has 0 saturated heterocycles. The van der Waals surface area contributed by atoms with E-state index in [1.54, 1.807) is 0 Å². The van der Waals surface area contributed by atoms with Crippen LogP contribution in [0.15, 0.2) is 12.6 Å². The number of carbonyl (C=O) groups is 2. The molecule has 0 unspecified atom stereocenters. The molecule has 0 aromatic carbocycles. The summed E-state index contributed by atoms with van der Waals surface area (Å²) < 4.78 is 159. The van der Waals surface area contributed by atoms with Gasteiger partial charge in [-0.3, -0.25) is 9.69 Å². The van der Waals surface area contributed by atoms with Crippen LogP contribution in [-0.4, -0.2) is 53.2 Å². The van der Waals surface area contributed by atoms with Gasteiger partial charge in [-0.05, 0) is 26.9 Å². The highest BCUT2D eigenvalue weighted by molar-refractivity contribution is 5.82. The van der Waals surface area contributed by atoms with E-state index in [1.165, 1.54) is 0 Å². The molecule has 0 rings (SSSR count). The second kappa shape index (κ2) is 7.00. The fraction of sp³-hybridized carbons (Fsp3) is 0.667. The van der Waals surface area contributed by atoms with E-state index < -0.39 is 86.3 Å². The second-order valence-corrected chi connectivity index (χ2v) is 2.56. The third-order valence-electron chi connectivity index (χ3n) is 1.23. The lowest BCUT2D eigenvalue weighted by atomic mass is 10.1. The van der Waals surface area contributed by atoms with Crippen LogP contribution in [0.1, 0.15) is 53.0 Å². The summed E-state index contributed by atoms with van der Waals surface area (Å²) in [6, 6.07) is -6.48. The Morgan fingerprint density at radius 2 is 2.61 bits per heavy atom. The highest BCUT2D eigenvalue weighted by atomic mass is 16.4. The first-order valence-corrected chi connectivity index (χ1v) is 3.95. The number of rotatable bonds is 7. The van der Waals surface area contributed by atoms with Crippen LogP contribution in [0.5, 0.6) is 0 Å². The van der Waals surface area contributed by atoms with E-state index in [1.807, 2.05) is 0 Å². The molecular weight excluding hydrogens is 236 g/mol. The van der Waals surface area contributed by atoms with Gasteiger partial charge in [-0.15, -0.1) is 6.53 Å². The molecule has 3 N–H and O–H groups in total. The van der Waals surface area contributed by atoms with E-state index in [0.29, 0.717) is 0 Å². The molecule has 0 aliphatic carbocycles. The predicted molar refractivity (Wildman–Crippen MR) is 68.3 cm³/mol. The Labute approximate surface area is 137 Å². The molecular formula is C12H22N2O4. The summed E-state index contributed by atoms with van der Waals surface area (Å²) in [5, 5.41) is 11.8. The number of nitrogens with zero attached hydrogens (tertiary/aromatic N) is 1. The molecule has 0 spiro atoms. The number of hydrogen-bond donors (Lipinski definition) is 3. The van der Waals surface area contributed by atoms with Gasteiger partial charge in [0.25, 0.3) is 0 Å². The molecule has 0 aliphatic heterocycles. The van der Waals surface area contributed by atoms with E-state index in [0.717, 1.165) is 0 Å². The molecule has 0 aromatic heterocycles. The molecule has 0 heterocycles. The summed E-state index contributed by atoms with van der Waals surface area (Å²) in [7, 11) is 0. The molecule has 0 fully saturated rings. The van der Waals surface area contributed by atoms with Gasteiger partial charge in [0.2, 0.25) is 7.34 Å². The summed E-state index contributed by atoms with van der Waals surface area (Å²) >= 11 is 0. The smallest absolute Gasteiger partial charge is 0.408 e. The Kier molecular flexibility index (Phi) is 1.15. The molecule has 104 valence electrons. The average molecular weight is 279 g/mol. The van der Waals surface area contributed by atoms with Gasteiger partial charge in [-0.1, -0.05) is 6.05 Å². The first kappa shape index (κ1) is 2.95. The van der Waals surface area contributed by atoms with Crippen LogP contribution < -0.4 is 5.31 Å². The van der Waals surface area contributed by atoms with Crippen molar-refractivity contribution in [2.24, 2.45) is 0 Å². The van der Waals surface area contributed by atoms with Gasteiger partial charge in [-0.2, -0.15) is 0 Å². The second-order valence-electron chi connectivity index (χ2n) is 2.56. The predicted octanol–water partition coefficient (Wildman–Crippen LogP) is 0.818. The molecule has 0 aromatic rings. The summed E-state index contributed by atoms with van der Waals surface area (Å²) in [5.74, 6) is -2.98. The maximum Gasteiger partial charge on any atom is 0.408 e. The van der Waals surface area contributed by atoms with Crippen molar-refractivity contribution in [2.45, 2.75) is 38.5 Å². The molecule has 6 heteroatoms. The summed E-state index contributed by atoms with van der Waals surface area (Å²) in [6.07, 6.45) is -7.25. The van der Waals surface area contributed by atoms with Crippen molar-refractivity contribution in [1.29, 1.82) is 1.43 Å². The fourth-order valence-electron chi connectivity index (χ4n) is 0.633. The monoisotopic (exact) mass is 279 g/mol. The molecule has 0 saturated carbocycles. The highest BCUT2D eigenvalue weighted by Crippen LogP contribution is 2.12. The average Bonchev–Trinajstić information content (AvgIpc) is 2.71. The summed E-state index contributed by atoms with van der Waals surface area (Å²) in [5.41, 5.74) is -4.77. The van der Waals surface area contributed by atoms with Crippen LogP contribution in [0.3, 0.4) is 0 Å². The quantitative estimate of drug-likeness (QED) is 0.602. The Hall–Kier alpha value is -1.56. The van der Waals surface area contributed by atoms with Gasteiger partial charge in [0.1, 0.15) is 6.50 Å². The zero-order valence-electron chi connectivity index (χ0n) is 29.6. The fourth-order valence-corrected chi connectivity index (χ4v) is 0.633. The zero-order chi connectivity index (χ0) is 32.2. The number of nitrogens with one attached hydrogen (secondary N) is 1. The van der Waals surface area contributed by atoms with E-state index in [-0.39, 0.29) is 0 Å². The maximum atomic E-state index is 13.2. The first-order chi connectivity index (χ1) is 16.8. The van der Waals surface area contributed by atoms with Crippen molar-refractivity contribution < 1.29 is 47.3 Å². The third-order valence-corrected chi connectivity index (χ3v) is 1.23. The van der Waals surface area contributed by atoms with Crippen LogP contribution in [0.4, 0.5) is 4.79 Å². The van der Waals surface area contributed by atoms with Crippen LogP contribution in [-0.2, 0) is 4.79 Å². The summed E-state index contributed by atoms with van der Waals surface area (Å²) in [4.78, 5) is 23.8. The first-order valence-electron chi connectivity index (χ1n) is 14.3. The van der Waals surface area contributed by atoms with E-state index in [9.17, 15) is 14.7 Å². The van der Waals surface area contributed by atoms with Crippen molar-refractivity contribution in [2.75, 3.05) is 13.1 Å². The lowest BCUT2D eigenvalue weighted by molar-refractivity contribution is -0.123. The molecule has 2 amide bonds. The largest absolute Gasteiger partial charge is 0.465 e. The van der Waals surface area contributed by atoms with Crippen molar-refractivity contribution in [3.63, 3.8) is 0 Å². The van der Waals surface area contributed by atoms with Crippen LogP contribution in [0.25, 0.3) is 0 Å². The summed E-state index contributed by atoms with van der Waals surface area (Å²) in [6.45, 7) is -24.4. The lowest BCUT2D eigenvalue weighted by Gasteiger charge is -2.32. The van der Waals surface area contributed by atoms with Gasteiger partial charge in [0, 0.05) is 20.6 Å². The number of aliphatic hydroxyl groups is 1. The standard InChI is InChI=1S/C12H22N2O4/c1-5-6-9(8-15)13-10(16)7-14(11(17)18)12(2,3)4/h5,9,15H,1,6-8H2,2-4H3,(H,13,16)(H,17,18)/t9-/m0/s1/i1D2,2D3,3D3,4D3,5D,6D2,7D2,8D2,9D,15D/hD. The van der Waals surface area contributed by atoms with Gasteiger partial charge in [-0.25, -0.2) is 4.79 Å². The van der Waals surface area contributed by atoms with Crippen molar-refractivity contribution >= 4 is 12.0 Å². The van der Waals surface area contributed by atoms with Gasteiger partial charge in [0.05, 0.1) is 23.5 Å². The Balaban J connectivity index is 7.85. The van der Waals surface area contributed by atoms with Crippen LogP contribution in [0, 0.1) is 0 Å². The Morgan fingerprint density at radius 1 is 1.89 bits per heavy atom. The van der Waals surface area contributed by atoms with Crippen molar-refractivity contribution in [3.8, 4) is 0 Å². The molecule has 6 nitrogen and oxygen atoms in total. The van der Waals surface area contributed by atoms with E-state index >= 15 is 0 Å². The zero-order valence-corrected chi connectivity index (χ0v) is 8.57. The molecule has 0 radical (unpaired) electrons. The van der Waals surface area contributed by atoms with E-state index in [4.69, 9.17) is 28.9 Å². The van der Waals surface area contributed by atoms with Crippen LogP contribution in [0.2, 0.25) is 1.41 Å². The van der Waals surface area contributed by atoms with Gasteiger partial charge >= 0.3 is 6.09 Å². The minimum Gasteiger partial charge on any atom is -0.465 e. The SMILES string of the molecule is [2H]OC([2H])([2H])[C@@]([2H])(N([2H])C(=O)C([2H])([2H])N(C(=O)O)C(C([2H])([2H])[2H])(C([2H])([2H])[2H])C([2H])([2H])[2H])C([2H])([2H])C([2H])=C([2H])[2H]. The van der Waals surface area contributed by atoms with Gasteiger partial charge in [0.15, 0.2) is 1.41 Å². The molecule has 1 atom stereocenters. The normalized spacial score (nSPS) is 35.7. The minimum atomic E-state index is -4.85. The maximum absolute atomic E-state index is 13.2. The highest BCUT2D eigenvalue weighted by Gasteiger charge is 2.28. The lowest BCUT2D eigenvalue weighted by Crippen LogP contribution is -2.51. The number of amides is 2. The van der Waals surface area contributed by atoms with Crippen LogP contribution >= 0.6 is 0 Å². The number of carboxylic acid groups (broad SMARTS) is 1. The topological polar surface area (TPSA) is 89.9 Å². The van der Waals surface area contributed by atoms with E-state index in [2.05, 4.69) is 5.11 Å². The Morgan fingerprint density at radius 3 is 3.11 bits per heavy atom. The number of carbonyl (C=O) groups excluding carboxylic acids is 1. The Bertz CT molecular complexity index is 943.